The summed E-state index contributed by atoms with van der Waals surface area (Å²) in [6.07, 6.45) is 1.38. The van der Waals surface area contributed by atoms with Gasteiger partial charge in [0.05, 0.1) is 5.69 Å². The number of hydrogen-bond acceptors (Lipinski definition) is 2. The number of likely N-dealkylation sites (tertiary alicyclic amines) is 1. The predicted molar refractivity (Wildman–Crippen MR) is 102 cm³/mol. The highest BCUT2D eigenvalue weighted by Gasteiger charge is 2.25. The number of fused-ring (bicyclic) bond motifs is 1. The zero-order chi connectivity index (χ0) is 19.0. The maximum Gasteiger partial charge on any atom is 0.270 e. The topological polar surface area (TPSA) is 48.1 Å². The third kappa shape index (κ3) is 3.76. The van der Waals surface area contributed by atoms with Crippen molar-refractivity contribution < 1.29 is 13.6 Å². The number of aromatic amines is 1. The normalized spacial score (nSPS) is 15.3. The molecule has 2 aromatic carbocycles. The summed E-state index contributed by atoms with van der Waals surface area (Å²) in [5, 5.41) is 4.62. The lowest BCUT2D eigenvalue weighted by atomic mass is 10.0. The van der Waals surface area contributed by atoms with Crippen LogP contribution in [-0.2, 0) is 0 Å². The fraction of sp³-hybridized carbons (Fsp3) is 0.250. The van der Waals surface area contributed by atoms with Crippen molar-refractivity contribution >= 4 is 34.1 Å². The number of H-pyrrole nitrogens is 1. The van der Waals surface area contributed by atoms with Crippen molar-refractivity contribution in [1.29, 1.82) is 0 Å². The highest BCUT2D eigenvalue weighted by molar-refractivity contribution is 6.31. The number of carbonyl (C=O) groups is 1. The van der Waals surface area contributed by atoms with Crippen molar-refractivity contribution in [3.8, 4) is 0 Å². The summed E-state index contributed by atoms with van der Waals surface area (Å²) < 4.78 is 26.8. The van der Waals surface area contributed by atoms with Gasteiger partial charge >= 0.3 is 0 Å². The van der Waals surface area contributed by atoms with Crippen LogP contribution in [0, 0.1) is 11.6 Å². The van der Waals surface area contributed by atoms with Gasteiger partial charge in [0.15, 0.2) is 0 Å². The van der Waals surface area contributed by atoms with Crippen LogP contribution < -0.4 is 5.32 Å². The molecule has 0 spiro atoms. The van der Waals surface area contributed by atoms with E-state index in [4.69, 9.17) is 11.6 Å². The first kappa shape index (κ1) is 17.8. The van der Waals surface area contributed by atoms with Gasteiger partial charge in [0.2, 0.25) is 0 Å². The van der Waals surface area contributed by atoms with E-state index in [0.29, 0.717) is 36.6 Å². The molecule has 0 radical (unpaired) electrons. The van der Waals surface area contributed by atoms with Gasteiger partial charge in [0.25, 0.3) is 5.91 Å². The molecular formula is C20H18ClF2N3O. The second kappa shape index (κ2) is 7.19. The van der Waals surface area contributed by atoms with E-state index in [1.54, 1.807) is 11.0 Å². The number of benzene rings is 2. The van der Waals surface area contributed by atoms with Gasteiger partial charge in [-0.1, -0.05) is 11.6 Å². The maximum atomic E-state index is 13.8. The Balaban J connectivity index is 1.40. The Kier molecular flexibility index (Phi) is 4.74. The number of carbonyl (C=O) groups excluding carboxylic acids is 1. The van der Waals surface area contributed by atoms with E-state index >= 15 is 0 Å². The molecule has 0 bridgehead atoms. The zero-order valence-electron chi connectivity index (χ0n) is 14.4. The maximum absolute atomic E-state index is 13.8. The summed E-state index contributed by atoms with van der Waals surface area (Å²) in [6.45, 7) is 1.13. The number of nitrogens with one attached hydrogen (secondary N) is 2. The minimum absolute atomic E-state index is 0.0375. The van der Waals surface area contributed by atoms with Gasteiger partial charge in [-0.2, -0.15) is 0 Å². The molecule has 3 aromatic rings. The van der Waals surface area contributed by atoms with Gasteiger partial charge in [0, 0.05) is 41.1 Å². The first-order chi connectivity index (χ1) is 13.0. The molecule has 1 fully saturated rings. The van der Waals surface area contributed by atoms with E-state index < -0.39 is 11.6 Å². The van der Waals surface area contributed by atoms with Gasteiger partial charge < -0.3 is 15.2 Å². The number of anilines is 1. The quantitative estimate of drug-likeness (QED) is 0.675. The van der Waals surface area contributed by atoms with Crippen LogP contribution in [0.15, 0.2) is 42.5 Å². The van der Waals surface area contributed by atoms with Gasteiger partial charge in [-0.05, 0) is 49.2 Å². The number of piperidine rings is 1. The van der Waals surface area contributed by atoms with Crippen LogP contribution in [0.3, 0.4) is 0 Å². The van der Waals surface area contributed by atoms with Crippen LogP contribution in [0.2, 0.25) is 5.02 Å². The molecule has 2 heterocycles. The molecule has 1 aliphatic rings. The summed E-state index contributed by atoms with van der Waals surface area (Å²) in [5.41, 5.74) is 1.68. The van der Waals surface area contributed by atoms with Crippen molar-refractivity contribution in [1.82, 2.24) is 9.88 Å². The lowest BCUT2D eigenvalue weighted by Gasteiger charge is -2.32. The summed E-state index contributed by atoms with van der Waals surface area (Å²) in [6, 6.07) is 10.8. The molecule has 1 amide bonds. The van der Waals surface area contributed by atoms with E-state index in [2.05, 4.69) is 10.3 Å². The Labute approximate surface area is 160 Å². The third-order valence-corrected chi connectivity index (χ3v) is 5.12. The first-order valence-corrected chi connectivity index (χ1v) is 9.16. The molecule has 1 aromatic heterocycles. The van der Waals surface area contributed by atoms with E-state index in [-0.39, 0.29) is 17.6 Å². The average Bonchev–Trinajstić information content (AvgIpc) is 3.07. The Morgan fingerprint density at radius 1 is 1.11 bits per heavy atom. The molecular weight excluding hydrogens is 372 g/mol. The second-order valence-corrected chi connectivity index (χ2v) is 7.19. The first-order valence-electron chi connectivity index (χ1n) is 8.79. The van der Waals surface area contributed by atoms with Crippen molar-refractivity contribution in [2.24, 2.45) is 0 Å². The molecule has 2 N–H and O–H groups in total. The predicted octanol–water partition coefficient (Wildman–Crippen LogP) is 4.82. The molecule has 7 heteroatoms. The van der Waals surface area contributed by atoms with Gasteiger partial charge in [0.1, 0.15) is 17.3 Å². The Bertz CT molecular complexity index is 996. The largest absolute Gasteiger partial charge is 0.380 e. The van der Waals surface area contributed by atoms with Crippen molar-refractivity contribution in [3.05, 3.63) is 64.8 Å². The molecule has 0 saturated carbocycles. The molecule has 1 aliphatic heterocycles. The van der Waals surface area contributed by atoms with E-state index in [9.17, 15) is 13.6 Å². The third-order valence-electron chi connectivity index (χ3n) is 4.89. The Hall–Kier alpha value is -2.60. The molecule has 0 atom stereocenters. The molecule has 4 rings (SSSR count). The smallest absolute Gasteiger partial charge is 0.270 e. The van der Waals surface area contributed by atoms with Crippen molar-refractivity contribution in [2.45, 2.75) is 18.9 Å². The zero-order valence-corrected chi connectivity index (χ0v) is 15.2. The standard InChI is InChI=1S/C20H18ClF2N3O/c21-13-1-3-17-12(9-13)10-19(25-17)20(27)26-7-5-15(6-8-26)24-18-4-2-14(22)11-16(18)23/h1-4,9-11,15,24-25H,5-8H2. The Morgan fingerprint density at radius 3 is 2.63 bits per heavy atom. The van der Waals surface area contributed by atoms with Gasteiger partial charge in [-0.3, -0.25) is 4.79 Å². The van der Waals surface area contributed by atoms with Crippen LogP contribution in [0.25, 0.3) is 10.9 Å². The van der Waals surface area contributed by atoms with Gasteiger partial charge in [-0.15, -0.1) is 0 Å². The SMILES string of the molecule is O=C(c1cc2cc(Cl)ccc2[nH]1)N1CCC(Nc2ccc(F)cc2F)CC1. The molecule has 0 unspecified atom stereocenters. The van der Waals surface area contributed by atoms with Gasteiger partial charge in [-0.25, -0.2) is 8.78 Å². The van der Waals surface area contributed by atoms with E-state index in [0.717, 1.165) is 17.0 Å². The van der Waals surface area contributed by atoms with Crippen molar-refractivity contribution in [3.63, 3.8) is 0 Å². The molecule has 1 saturated heterocycles. The number of amides is 1. The minimum atomic E-state index is -0.606. The number of rotatable bonds is 3. The fourth-order valence-corrected chi connectivity index (χ4v) is 3.62. The lowest BCUT2D eigenvalue weighted by molar-refractivity contribution is 0.0713. The van der Waals surface area contributed by atoms with Crippen LogP contribution in [-0.4, -0.2) is 34.9 Å². The fourth-order valence-electron chi connectivity index (χ4n) is 3.44. The summed E-state index contributed by atoms with van der Waals surface area (Å²) in [5.74, 6) is -1.27. The monoisotopic (exact) mass is 389 g/mol. The van der Waals surface area contributed by atoms with Crippen LogP contribution in [0.1, 0.15) is 23.3 Å². The van der Waals surface area contributed by atoms with Crippen LogP contribution >= 0.6 is 11.6 Å². The molecule has 0 aliphatic carbocycles. The molecule has 140 valence electrons. The lowest BCUT2D eigenvalue weighted by Crippen LogP contribution is -2.42. The summed E-state index contributed by atoms with van der Waals surface area (Å²) >= 11 is 5.99. The second-order valence-electron chi connectivity index (χ2n) is 6.75. The highest BCUT2D eigenvalue weighted by atomic mass is 35.5. The number of nitrogens with zero attached hydrogens (tertiary/aromatic N) is 1. The average molecular weight is 390 g/mol. The van der Waals surface area contributed by atoms with Crippen molar-refractivity contribution in [2.75, 3.05) is 18.4 Å². The minimum Gasteiger partial charge on any atom is -0.380 e. The van der Waals surface area contributed by atoms with E-state index in [1.807, 2.05) is 18.2 Å². The number of halogens is 3. The van der Waals surface area contributed by atoms with Crippen LogP contribution in [0.5, 0.6) is 0 Å². The number of hydrogen-bond donors (Lipinski definition) is 2. The molecule has 4 nitrogen and oxygen atoms in total. The summed E-state index contributed by atoms with van der Waals surface area (Å²) in [7, 11) is 0. The summed E-state index contributed by atoms with van der Waals surface area (Å²) in [4.78, 5) is 17.7. The number of aromatic nitrogens is 1. The highest BCUT2D eigenvalue weighted by Crippen LogP contribution is 2.23. The Morgan fingerprint density at radius 2 is 1.89 bits per heavy atom. The molecule has 27 heavy (non-hydrogen) atoms. The van der Waals surface area contributed by atoms with E-state index in [1.165, 1.54) is 12.1 Å². The van der Waals surface area contributed by atoms with Crippen LogP contribution in [0.4, 0.5) is 14.5 Å².